The summed E-state index contributed by atoms with van der Waals surface area (Å²) < 4.78 is 5.61. The van der Waals surface area contributed by atoms with Gasteiger partial charge in [0.2, 0.25) is 0 Å². The van der Waals surface area contributed by atoms with Crippen LogP contribution in [0.4, 0.5) is 5.13 Å². The highest BCUT2D eigenvalue weighted by molar-refractivity contribution is 7.14. The molecule has 23 heavy (non-hydrogen) atoms. The van der Waals surface area contributed by atoms with E-state index in [-0.39, 0.29) is 5.91 Å². The minimum Gasteiger partial charge on any atom is -0.486 e. The molecule has 2 heterocycles. The summed E-state index contributed by atoms with van der Waals surface area (Å²) in [6.45, 7) is 2.18. The van der Waals surface area contributed by atoms with Crippen molar-refractivity contribution in [3.63, 3.8) is 0 Å². The molecule has 5 nitrogen and oxygen atoms in total. The number of rotatable bonds is 5. The van der Waals surface area contributed by atoms with E-state index in [0.29, 0.717) is 28.2 Å². The lowest BCUT2D eigenvalue weighted by Gasteiger charge is -2.03. The monoisotopic (exact) mass is 365 g/mol. The maximum atomic E-state index is 12.1. The Kier molecular flexibility index (Phi) is 4.90. The molecule has 0 saturated carbocycles. The number of hydrogen-bond acceptors (Lipinski definition) is 6. The van der Waals surface area contributed by atoms with E-state index >= 15 is 0 Å². The van der Waals surface area contributed by atoms with Gasteiger partial charge in [-0.25, -0.2) is 9.97 Å². The molecule has 1 amide bonds. The third-order valence-corrected chi connectivity index (χ3v) is 4.75. The van der Waals surface area contributed by atoms with E-state index in [4.69, 9.17) is 16.3 Å². The van der Waals surface area contributed by atoms with Crippen LogP contribution in [0.15, 0.2) is 35.0 Å². The van der Waals surface area contributed by atoms with Crippen molar-refractivity contribution in [2.24, 2.45) is 0 Å². The number of hydrogen-bond donors (Lipinski definition) is 1. The third kappa shape index (κ3) is 4.28. The number of anilines is 1. The van der Waals surface area contributed by atoms with Crippen molar-refractivity contribution in [3.05, 3.63) is 56.4 Å². The average molecular weight is 366 g/mol. The van der Waals surface area contributed by atoms with Gasteiger partial charge in [-0.1, -0.05) is 11.6 Å². The van der Waals surface area contributed by atoms with Crippen LogP contribution in [-0.4, -0.2) is 15.9 Å². The fraction of sp³-hybridized carbons (Fsp3) is 0.133. The van der Waals surface area contributed by atoms with E-state index in [9.17, 15) is 4.79 Å². The van der Waals surface area contributed by atoms with Crippen molar-refractivity contribution in [3.8, 4) is 5.75 Å². The Hall–Kier alpha value is -1.96. The zero-order chi connectivity index (χ0) is 16.2. The number of thiazole rings is 2. The van der Waals surface area contributed by atoms with Gasteiger partial charge < -0.3 is 4.74 Å². The molecule has 0 saturated heterocycles. The zero-order valence-corrected chi connectivity index (χ0v) is 14.5. The minimum atomic E-state index is -0.270. The summed E-state index contributed by atoms with van der Waals surface area (Å²) in [4.78, 5) is 20.6. The number of carbonyl (C=O) groups excluding carboxylic acids is 1. The fourth-order valence-electron chi connectivity index (χ4n) is 1.73. The van der Waals surface area contributed by atoms with Crippen molar-refractivity contribution < 1.29 is 9.53 Å². The molecule has 118 valence electrons. The summed E-state index contributed by atoms with van der Waals surface area (Å²) >= 11 is 8.58. The number of benzene rings is 1. The van der Waals surface area contributed by atoms with Gasteiger partial charge in [0.25, 0.3) is 5.91 Å². The normalized spacial score (nSPS) is 10.5. The topological polar surface area (TPSA) is 64.1 Å². The minimum absolute atomic E-state index is 0.270. The van der Waals surface area contributed by atoms with Crippen LogP contribution in [0.2, 0.25) is 5.02 Å². The van der Waals surface area contributed by atoms with E-state index in [1.165, 1.54) is 22.7 Å². The van der Waals surface area contributed by atoms with Gasteiger partial charge in [-0.05, 0) is 31.2 Å². The highest BCUT2D eigenvalue weighted by atomic mass is 35.5. The van der Waals surface area contributed by atoms with Crippen LogP contribution in [0.1, 0.15) is 21.2 Å². The predicted molar refractivity (Wildman–Crippen MR) is 92.7 cm³/mol. The van der Waals surface area contributed by atoms with Gasteiger partial charge >= 0.3 is 0 Å². The van der Waals surface area contributed by atoms with Crippen LogP contribution in [0.25, 0.3) is 0 Å². The van der Waals surface area contributed by atoms with Crippen LogP contribution in [0.5, 0.6) is 5.75 Å². The number of aryl methyl sites for hydroxylation is 1. The largest absolute Gasteiger partial charge is 0.486 e. The predicted octanol–water partition coefficient (Wildman–Crippen LogP) is 4.39. The zero-order valence-electron chi connectivity index (χ0n) is 12.1. The molecule has 8 heteroatoms. The molecule has 1 N–H and O–H groups in total. The Morgan fingerprint density at radius 1 is 1.22 bits per heavy atom. The number of halogens is 1. The third-order valence-electron chi connectivity index (χ3n) is 2.80. The van der Waals surface area contributed by atoms with Crippen molar-refractivity contribution in [2.75, 3.05) is 5.32 Å². The Balaban J connectivity index is 1.59. The number of nitrogens with zero attached hydrogens (tertiary/aromatic N) is 2. The maximum Gasteiger partial charge on any atom is 0.276 e. The van der Waals surface area contributed by atoms with E-state index in [1.54, 1.807) is 29.6 Å². The molecule has 0 spiro atoms. The van der Waals surface area contributed by atoms with Gasteiger partial charge in [0, 0.05) is 15.8 Å². The van der Waals surface area contributed by atoms with Gasteiger partial charge in [0.1, 0.15) is 23.1 Å². The Labute approximate surface area is 145 Å². The molecule has 3 aromatic rings. The molecule has 0 bridgehead atoms. The summed E-state index contributed by atoms with van der Waals surface area (Å²) in [6.07, 6.45) is 0. The second kappa shape index (κ2) is 7.08. The molecule has 0 radical (unpaired) electrons. The van der Waals surface area contributed by atoms with Gasteiger partial charge in [-0.2, -0.15) is 0 Å². The number of nitrogens with one attached hydrogen (secondary N) is 1. The first-order chi connectivity index (χ1) is 11.1. The summed E-state index contributed by atoms with van der Waals surface area (Å²) in [6, 6.07) is 7.09. The molecule has 0 atom stereocenters. The molecular weight excluding hydrogens is 354 g/mol. The Bertz CT molecular complexity index is 814. The molecule has 0 unspecified atom stereocenters. The van der Waals surface area contributed by atoms with Gasteiger partial charge in [-0.3, -0.25) is 10.1 Å². The van der Waals surface area contributed by atoms with E-state index in [2.05, 4.69) is 15.3 Å². The van der Waals surface area contributed by atoms with E-state index < -0.39 is 0 Å². The van der Waals surface area contributed by atoms with Crippen molar-refractivity contribution in [1.29, 1.82) is 0 Å². The summed E-state index contributed by atoms with van der Waals surface area (Å²) in [5, 5.41) is 8.26. The second-order valence-corrected chi connectivity index (χ2v) is 6.85. The van der Waals surface area contributed by atoms with Gasteiger partial charge in [0.05, 0.1) is 5.69 Å². The molecule has 3 rings (SSSR count). The second-order valence-electron chi connectivity index (χ2n) is 4.62. The quantitative estimate of drug-likeness (QED) is 0.728. The lowest BCUT2D eigenvalue weighted by molar-refractivity contribution is 0.102. The Morgan fingerprint density at radius 3 is 2.70 bits per heavy atom. The lowest BCUT2D eigenvalue weighted by atomic mass is 10.3. The summed E-state index contributed by atoms with van der Waals surface area (Å²) in [7, 11) is 0. The molecule has 1 aromatic carbocycles. The van der Waals surface area contributed by atoms with Crippen LogP contribution < -0.4 is 10.1 Å². The first-order valence-electron chi connectivity index (χ1n) is 6.66. The standard InChI is InChI=1S/C15H12ClN3O2S2/c1-9-7-23-15(17-9)19-14(20)12-8-22-13(18-12)6-21-11-4-2-10(16)3-5-11/h2-5,7-8H,6H2,1H3,(H,17,19,20). The molecule has 0 aliphatic heterocycles. The fourth-order valence-corrected chi connectivity index (χ4v) is 3.22. The summed E-state index contributed by atoms with van der Waals surface area (Å²) in [5.74, 6) is 0.433. The molecule has 0 aliphatic rings. The van der Waals surface area contributed by atoms with Crippen molar-refractivity contribution in [2.45, 2.75) is 13.5 Å². The Morgan fingerprint density at radius 2 is 2.00 bits per heavy atom. The molecule has 2 aromatic heterocycles. The molecule has 0 fully saturated rings. The first kappa shape index (κ1) is 15.9. The smallest absolute Gasteiger partial charge is 0.276 e. The molecule has 0 aliphatic carbocycles. The highest BCUT2D eigenvalue weighted by Crippen LogP contribution is 2.19. The SMILES string of the molecule is Cc1csc(NC(=O)c2csc(COc3ccc(Cl)cc3)n2)n1. The first-order valence-corrected chi connectivity index (χ1v) is 8.80. The lowest BCUT2D eigenvalue weighted by Crippen LogP contribution is -2.12. The van der Waals surface area contributed by atoms with Crippen LogP contribution in [-0.2, 0) is 6.61 Å². The highest BCUT2D eigenvalue weighted by Gasteiger charge is 2.13. The van der Waals surface area contributed by atoms with E-state index in [1.807, 2.05) is 12.3 Å². The average Bonchev–Trinajstić information content (AvgIpc) is 3.16. The van der Waals surface area contributed by atoms with Gasteiger partial charge in [0.15, 0.2) is 5.13 Å². The number of carbonyl (C=O) groups is 1. The van der Waals surface area contributed by atoms with Crippen LogP contribution >= 0.6 is 34.3 Å². The van der Waals surface area contributed by atoms with Crippen molar-refractivity contribution in [1.82, 2.24) is 9.97 Å². The summed E-state index contributed by atoms with van der Waals surface area (Å²) in [5.41, 5.74) is 1.23. The molecular formula is C15H12ClN3O2S2. The number of amides is 1. The maximum absolute atomic E-state index is 12.1. The van der Waals surface area contributed by atoms with E-state index in [0.717, 1.165) is 10.7 Å². The van der Waals surface area contributed by atoms with Crippen LogP contribution in [0, 0.1) is 6.92 Å². The number of ether oxygens (including phenoxy) is 1. The number of aromatic nitrogens is 2. The van der Waals surface area contributed by atoms with Gasteiger partial charge in [-0.15, -0.1) is 22.7 Å². The van der Waals surface area contributed by atoms with Crippen molar-refractivity contribution >= 4 is 45.3 Å². The van der Waals surface area contributed by atoms with Crippen LogP contribution in [0.3, 0.4) is 0 Å².